The van der Waals surface area contributed by atoms with Crippen molar-refractivity contribution in [3.8, 4) is 0 Å². The highest BCUT2D eigenvalue weighted by atomic mass is 35.5. The predicted molar refractivity (Wildman–Crippen MR) is 124 cm³/mol. The van der Waals surface area contributed by atoms with Crippen LogP contribution in [0.3, 0.4) is 0 Å². The van der Waals surface area contributed by atoms with Gasteiger partial charge < -0.3 is 38.9 Å². The summed E-state index contributed by atoms with van der Waals surface area (Å²) in [6.45, 7) is -0.215. The molecule has 1 unspecified atom stereocenters. The molecule has 2 heterocycles. The zero-order valence-electron chi connectivity index (χ0n) is 17.9. The molecule has 3 atom stereocenters. The molecule has 0 spiro atoms. The molecule has 0 amide bonds. The summed E-state index contributed by atoms with van der Waals surface area (Å²) in [6, 6.07) is 9.62. The summed E-state index contributed by atoms with van der Waals surface area (Å²) in [6.07, 6.45) is -0.931. The van der Waals surface area contributed by atoms with Crippen LogP contribution >= 0.6 is 26.8 Å². The molecule has 2 aromatic heterocycles. The van der Waals surface area contributed by atoms with Crippen LogP contribution in [-0.4, -0.2) is 71.1 Å². The number of nitrogens with zero attached hydrogens (tertiary/aromatic N) is 4. The van der Waals surface area contributed by atoms with E-state index in [4.69, 9.17) is 30.6 Å². The lowest BCUT2D eigenvalue weighted by atomic mass is 10.2. The quantitative estimate of drug-likeness (QED) is 0.167. The fourth-order valence-electron chi connectivity index (χ4n) is 3.08. The van der Waals surface area contributed by atoms with Crippen LogP contribution in [-0.2, 0) is 31.5 Å². The Morgan fingerprint density at radius 1 is 1.18 bits per heavy atom. The van der Waals surface area contributed by atoms with Crippen molar-refractivity contribution in [1.29, 1.82) is 0 Å². The molecule has 186 valence electrons. The van der Waals surface area contributed by atoms with Crippen LogP contribution in [0.5, 0.6) is 0 Å². The molecular formula is C18H24ClN5O8P2. The molecule has 0 saturated heterocycles. The van der Waals surface area contributed by atoms with E-state index < -0.39 is 39.9 Å². The lowest BCUT2D eigenvalue weighted by Gasteiger charge is -2.23. The van der Waals surface area contributed by atoms with Gasteiger partial charge in [0, 0.05) is 13.7 Å². The van der Waals surface area contributed by atoms with Gasteiger partial charge >= 0.3 is 15.2 Å². The number of methoxy groups -OCH3 is 1. The van der Waals surface area contributed by atoms with Crippen molar-refractivity contribution in [3.05, 3.63) is 47.5 Å². The first-order valence-electron chi connectivity index (χ1n) is 9.85. The van der Waals surface area contributed by atoms with Crippen molar-refractivity contribution in [2.45, 2.75) is 25.3 Å². The van der Waals surface area contributed by atoms with Crippen molar-refractivity contribution >= 4 is 43.8 Å². The second-order valence-electron chi connectivity index (χ2n) is 7.33. The van der Waals surface area contributed by atoms with Gasteiger partial charge in [0.15, 0.2) is 22.9 Å². The van der Waals surface area contributed by atoms with Gasteiger partial charge in [-0.2, -0.15) is 9.97 Å². The van der Waals surface area contributed by atoms with Gasteiger partial charge in [0.2, 0.25) is 5.28 Å². The summed E-state index contributed by atoms with van der Waals surface area (Å²) < 4.78 is 34.2. The monoisotopic (exact) mass is 535 g/mol. The number of anilines is 1. The summed E-state index contributed by atoms with van der Waals surface area (Å²) in [4.78, 5) is 40.0. The van der Waals surface area contributed by atoms with Gasteiger partial charge in [-0.15, -0.1) is 0 Å². The van der Waals surface area contributed by atoms with Crippen LogP contribution in [0.15, 0.2) is 36.7 Å². The molecule has 0 fully saturated rings. The van der Waals surface area contributed by atoms with E-state index in [9.17, 15) is 19.1 Å². The third kappa shape index (κ3) is 7.54. The summed E-state index contributed by atoms with van der Waals surface area (Å²) in [5, 5.41) is 13.7. The number of hydrogen-bond acceptors (Lipinski definition) is 9. The molecule has 0 bridgehead atoms. The molecule has 0 aliphatic rings. The largest absolute Gasteiger partial charge is 0.388 e. The number of aliphatic hydroxyl groups excluding tert-OH is 1. The Bertz CT molecular complexity index is 1210. The fraction of sp³-hybridized carbons (Fsp3) is 0.389. The fourth-order valence-corrected chi connectivity index (χ4v) is 5.81. The molecule has 5 N–H and O–H groups in total. The molecule has 0 aliphatic carbocycles. The number of hydrogen-bond donors (Lipinski definition) is 5. The van der Waals surface area contributed by atoms with E-state index in [1.807, 2.05) is 30.3 Å². The third-order valence-electron chi connectivity index (χ3n) is 4.66. The first-order chi connectivity index (χ1) is 16.0. The highest BCUT2D eigenvalue weighted by molar-refractivity contribution is 7.70. The predicted octanol–water partition coefficient (Wildman–Crippen LogP) is 1.80. The van der Waals surface area contributed by atoms with Gasteiger partial charge in [-0.05, 0) is 17.2 Å². The van der Waals surface area contributed by atoms with Crippen LogP contribution in [0, 0.1) is 0 Å². The normalized spacial score (nSPS) is 15.7. The number of fused-ring (bicyclic) bond motifs is 1. The minimum absolute atomic E-state index is 0.0374. The molecule has 34 heavy (non-hydrogen) atoms. The van der Waals surface area contributed by atoms with Crippen molar-refractivity contribution < 1.29 is 38.2 Å². The number of rotatable bonds is 12. The average Bonchev–Trinajstić information content (AvgIpc) is 3.14. The van der Waals surface area contributed by atoms with Crippen molar-refractivity contribution in [3.63, 3.8) is 0 Å². The lowest BCUT2D eigenvalue weighted by Crippen LogP contribution is -2.35. The Morgan fingerprint density at radius 3 is 2.53 bits per heavy atom. The Kier molecular flexibility index (Phi) is 8.80. The van der Waals surface area contributed by atoms with Gasteiger partial charge in [-0.3, -0.25) is 9.13 Å². The van der Waals surface area contributed by atoms with E-state index in [-0.39, 0.29) is 11.8 Å². The Hall–Kier alpha value is -1.92. The van der Waals surface area contributed by atoms with Gasteiger partial charge in [-0.25, -0.2) is 4.98 Å². The number of benzene rings is 1. The summed E-state index contributed by atoms with van der Waals surface area (Å²) >= 11 is 6.08. The highest BCUT2D eigenvalue weighted by Crippen LogP contribution is 2.55. The van der Waals surface area contributed by atoms with Crippen molar-refractivity contribution in [2.75, 3.05) is 24.9 Å². The highest BCUT2D eigenvalue weighted by Gasteiger charge is 2.33. The smallest absolute Gasteiger partial charge is 0.340 e. The van der Waals surface area contributed by atoms with Crippen molar-refractivity contribution in [1.82, 2.24) is 19.5 Å². The average molecular weight is 536 g/mol. The van der Waals surface area contributed by atoms with E-state index in [1.165, 1.54) is 18.0 Å². The van der Waals surface area contributed by atoms with Crippen LogP contribution in [0.4, 0.5) is 5.82 Å². The number of halogens is 1. The van der Waals surface area contributed by atoms with Gasteiger partial charge in [0.25, 0.3) is 0 Å². The SMILES string of the molecule is CO[C@H](COP(=O)(O)CP(=O)(O)O)[C@@H](O)Cn1cnc2c(NCc3ccccc3)nc(Cl)nc21. The van der Waals surface area contributed by atoms with E-state index in [1.54, 1.807) is 0 Å². The summed E-state index contributed by atoms with van der Waals surface area (Å²) in [5.74, 6) is -0.940. The van der Waals surface area contributed by atoms with E-state index in [0.717, 1.165) is 5.56 Å². The molecule has 0 radical (unpaired) electrons. The van der Waals surface area contributed by atoms with Crippen LogP contribution in [0.25, 0.3) is 11.2 Å². The van der Waals surface area contributed by atoms with Gasteiger partial charge in [0.1, 0.15) is 12.2 Å². The van der Waals surface area contributed by atoms with E-state index in [0.29, 0.717) is 23.5 Å². The first-order valence-corrected chi connectivity index (χ1v) is 13.8. The molecular weight excluding hydrogens is 512 g/mol. The van der Waals surface area contributed by atoms with E-state index in [2.05, 4.69) is 20.3 Å². The molecule has 16 heteroatoms. The third-order valence-corrected chi connectivity index (χ3v) is 8.28. The van der Waals surface area contributed by atoms with Gasteiger partial charge in [-0.1, -0.05) is 30.3 Å². The maximum absolute atomic E-state index is 11.9. The Labute approximate surface area is 199 Å². The topological polar surface area (TPSA) is 189 Å². The Balaban J connectivity index is 1.71. The number of imidazole rings is 1. The second kappa shape index (κ2) is 11.2. The lowest BCUT2D eigenvalue weighted by molar-refractivity contribution is -0.0428. The first kappa shape index (κ1) is 26.7. The minimum atomic E-state index is -4.77. The molecule has 13 nitrogen and oxygen atoms in total. The molecule has 3 rings (SSSR count). The zero-order chi connectivity index (χ0) is 24.9. The molecule has 0 aliphatic heterocycles. The maximum Gasteiger partial charge on any atom is 0.340 e. The molecule has 0 saturated carbocycles. The van der Waals surface area contributed by atoms with Crippen molar-refractivity contribution in [2.24, 2.45) is 0 Å². The standard InChI is InChI=1S/C18H24ClN5O8P2/c1-31-14(9-32-34(29,30)11-33(26,27)28)13(25)8-24-10-21-15-16(22-18(19)23-17(15)24)20-7-12-5-3-2-4-6-12/h2-6,10,13-14,25H,7-9,11H2,1H3,(H,29,30)(H,20,22,23)(H2,26,27,28)/t13-,14+/m0/s1. The summed E-state index contributed by atoms with van der Waals surface area (Å²) in [7, 11) is -8.12. The van der Waals surface area contributed by atoms with Crippen LogP contribution < -0.4 is 5.32 Å². The number of aliphatic hydroxyl groups is 1. The number of nitrogens with one attached hydrogen (secondary N) is 1. The van der Waals surface area contributed by atoms with Crippen LogP contribution in [0.1, 0.15) is 5.56 Å². The maximum atomic E-state index is 11.9. The number of aromatic nitrogens is 4. The second-order valence-corrected chi connectivity index (χ2v) is 11.7. The van der Waals surface area contributed by atoms with E-state index >= 15 is 0 Å². The number of ether oxygens (including phenoxy) is 1. The zero-order valence-corrected chi connectivity index (χ0v) is 20.5. The minimum Gasteiger partial charge on any atom is -0.388 e. The van der Waals surface area contributed by atoms with Crippen LogP contribution in [0.2, 0.25) is 5.28 Å². The Morgan fingerprint density at radius 2 is 1.88 bits per heavy atom. The molecule has 3 aromatic rings. The molecule has 1 aromatic carbocycles. The summed E-state index contributed by atoms with van der Waals surface area (Å²) in [5.41, 5.74) is 1.77. The van der Waals surface area contributed by atoms with Gasteiger partial charge in [0.05, 0.1) is 19.5 Å².